The molecule has 1 aliphatic heterocycles. The summed E-state index contributed by atoms with van der Waals surface area (Å²) < 4.78 is 9.82. The van der Waals surface area contributed by atoms with E-state index in [1.165, 1.54) is 0 Å². The second-order valence-corrected chi connectivity index (χ2v) is 3.21. The van der Waals surface area contributed by atoms with Gasteiger partial charge in [0.15, 0.2) is 0 Å². The van der Waals surface area contributed by atoms with Crippen LogP contribution in [0.2, 0.25) is 0 Å². The van der Waals surface area contributed by atoms with E-state index in [4.69, 9.17) is 9.52 Å². The second kappa shape index (κ2) is 3.30. The zero-order chi connectivity index (χ0) is 11.0. The van der Waals surface area contributed by atoms with E-state index in [0.717, 1.165) is 4.90 Å². The lowest BCUT2D eigenvalue weighted by Gasteiger charge is -2.07. The van der Waals surface area contributed by atoms with E-state index in [1.54, 1.807) is 19.1 Å². The van der Waals surface area contributed by atoms with Gasteiger partial charge < -0.3 is 14.3 Å². The summed E-state index contributed by atoms with van der Waals surface area (Å²) in [6, 6.07) is 3.29. The minimum absolute atomic E-state index is 0.0267. The van der Waals surface area contributed by atoms with Gasteiger partial charge in [-0.3, -0.25) is 0 Å². The van der Waals surface area contributed by atoms with Crippen LogP contribution in [0.3, 0.4) is 0 Å². The molecule has 1 aliphatic rings. The summed E-state index contributed by atoms with van der Waals surface area (Å²) in [5.74, 6) is -0.202. The Hall–Kier alpha value is -1.98. The Morgan fingerprint density at radius 2 is 2.33 bits per heavy atom. The van der Waals surface area contributed by atoms with Gasteiger partial charge in [-0.25, -0.2) is 14.5 Å². The number of furan rings is 1. The second-order valence-electron chi connectivity index (χ2n) is 3.21. The van der Waals surface area contributed by atoms with Crippen LogP contribution >= 0.6 is 0 Å². The van der Waals surface area contributed by atoms with E-state index in [9.17, 15) is 9.59 Å². The molecule has 1 N–H and O–H groups in total. The highest BCUT2D eigenvalue weighted by Crippen LogP contribution is 2.23. The number of aliphatic carboxylic acids is 1. The third kappa shape index (κ3) is 1.65. The highest BCUT2D eigenvalue weighted by atomic mass is 16.6. The van der Waals surface area contributed by atoms with E-state index in [2.05, 4.69) is 4.74 Å². The average Bonchev–Trinajstić information content (AvgIpc) is 2.71. The fraction of sp³-hybridized carbons (Fsp3) is 0.333. The molecule has 15 heavy (non-hydrogen) atoms. The fourth-order valence-corrected chi connectivity index (χ4v) is 1.34. The number of aryl methyl sites for hydroxylation is 1. The van der Waals surface area contributed by atoms with Crippen molar-refractivity contribution in [3.63, 3.8) is 0 Å². The summed E-state index contributed by atoms with van der Waals surface area (Å²) in [4.78, 5) is 23.0. The van der Waals surface area contributed by atoms with Crippen molar-refractivity contribution in [2.45, 2.75) is 13.0 Å². The van der Waals surface area contributed by atoms with Crippen molar-refractivity contribution in [3.8, 4) is 0 Å². The molecular formula is C9H9NO5. The molecule has 0 saturated carbocycles. The van der Waals surface area contributed by atoms with Gasteiger partial charge in [-0.2, -0.15) is 0 Å². The first-order valence-electron chi connectivity index (χ1n) is 4.35. The highest BCUT2D eigenvalue weighted by molar-refractivity contribution is 5.92. The Balaban J connectivity index is 2.18. The number of carbonyl (C=O) groups is 2. The molecular weight excluding hydrogens is 202 g/mol. The standard InChI is InChI=1S/C9H9NO5/c1-5-2-3-7(14-5)10-4-6(8(11)12)15-9(10)13/h2-3,6H,4H2,1H3,(H,11,12)/t6-/m1/s1. The molecule has 0 unspecified atom stereocenters. The number of hydrogen-bond donors (Lipinski definition) is 1. The molecule has 0 aromatic carbocycles. The van der Waals surface area contributed by atoms with Crippen molar-refractivity contribution in [1.82, 2.24) is 0 Å². The number of carboxylic acid groups (broad SMARTS) is 1. The van der Waals surface area contributed by atoms with E-state index >= 15 is 0 Å². The molecule has 1 fully saturated rings. The van der Waals surface area contributed by atoms with Crippen LogP contribution < -0.4 is 4.90 Å². The van der Waals surface area contributed by atoms with E-state index in [1.807, 2.05) is 0 Å². The monoisotopic (exact) mass is 211 g/mol. The zero-order valence-corrected chi connectivity index (χ0v) is 7.97. The number of carbonyl (C=O) groups excluding carboxylic acids is 1. The molecule has 0 bridgehead atoms. The van der Waals surface area contributed by atoms with Gasteiger partial charge >= 0.3 is 12.1 Å². The van der Waals surface area contributed by atoms with Gasteiger partial charge in [0, 0.05) is 6.07 Å². The van der Waals surface area contributed by atoms with Crippen LogP contribution in [0.5, 0.6) is 0 Å². The van der Waals surface area contributed by atoms with Gasteiger partial charge in [0.05, 0.1) is 6.54 Å². The van der Waals surface area contributed by atoms with Crippen molar-refractivity contribution in [3.05, 3.63) is 17.9 Å². The minimum atomic E-state index is -1.16. The molecule has 2 rings (SSSR count). The number of ether oxygens (including phenoxy) is 1. The van der Waals surface area contributed by atoms with Gasteiger partial charge in [-0.15, -0.1) is 0 Å². The van der Waals surface area contributed by atoms with Crippen LogP contribution in [-0.2, 0) is 9.53 Å². The first-order chi connectivity index (χ1) is 7.08. The summed E-state index contributed by atoms with van der Waals surface area (Å²) >= 11 is 0. The van der Waals surface area contributed by atoms with E-state index in [0.29, 0.717) is 11.6 Å². The maximum Gasteiger partial charge on any atom is 0.417 e. The van der Waals surface area contributed by atoms with Crippen molar-refractivity contribution in [2.24, 2.45) is 0 Å². The number of rotatable bonds is 2. The normalized spacial score (nSPS) is 20.5. The van der Waals surface area contributed by atoms with Crippen molar-refractivity contribution >= 4 is 17.9 Å². The molecule has 0 aliphatic carbocycles. The first-order valence-corrected chi connectivity index (χ1v) is 4.35. The van der Waals surface area contributed by atoms with Crippen LogP contribution in [-0.4, -0.2) is 29.8 Å². The van der Waals surface area contributed by atoms with Gasteiger partial charge in [0.2, 0.25) is 12.0 Å². The molecule has 1 aromatic heterocycles. The highest BCUT2D eigenvalue weighted by Gasteiger charge is 2.38. The zero-order valence-electron chi connectivity index (χ0n) is 7.97. The summed E-state index contributed by atoms with van der Waals surface area (Å²) in [6.07, 6.45) is -1.82. The van der Waals surface area contributed by atoms with E-state index in [-0.39, 0.29) is 6.54 Å². The van der Waals surface area contributed by atoms with Gasteiger partial charge in [0.1, 0.15) is 5.76 Å². The lowest BCUT2D eigenvalue weighted by molar-refractivity contribution is -0.144. The third-order valence-electron chi connectivity index (χ3n) is 2.08. The number of amides is 1. The smallest absolute Gasteiger partial charge is 0.417 e. The number of carboxylic acids is 1. The largest absolute Gasteiger partial charge is 0.478 e. The summed E-state index contributed by atoms with van der Waals surface area (Å²) in [6.45, 7) is 1.71. The van der Waals surface area contributed by atoms with Crippen LogP contribution in [0.15, 0.2) is 16.5 Å². The molecule has 6 heteroatoms. The third-order valence-corrected chi connectivity index (χ3v) is 2.08. The molecule has 1 aromatic rings. The maximum atomic E-state index is 11.3. The first kappa shape index (κ1) is 9.57. The van der Waals surface area contributed by atoms with Crippen molar-refractivity contribution in [1.29, 1.82) is 0 Å². The van der Waals surface area contributed by atoms with Gasteiger partial charge in [-0.1, -0.05) is 0 Å². The molecule has 6 nitrogen and oxygen atoms in total. The molecule has 1 saturated heterocycles. The molecule has 2 heterocycles. The summed E-state index contributed by atoms with van der Waals surface area (Å²) in [7, 11) is 0. The topological polar surface area (TPSA) is 80.0 Å². The minimum Gasteiger partial charge on any atom is -0.478 e. The molecule has 80 valence electrons. The summed E-state index contributed by atoms with van der Waals surface area (Å²) in [5, 5.41) is 8.67. The van der Waals surface area contributed by atoms with Crippen LogP contribution in [0.4, 0.5) is 10.7 Å². The Morgan fingerprint density at radius 1 is 1.60 bits per heavy atom. The molecule has 1 amide bonds. The number of hydrogen-bond acceptors (Lipinski definition) is 4. The SMILES string of the molecule is Cc1ccc(N2C[C@H](C(=O)O)OC2=O)o1. The van der Waals surface area contributed by atoms with Gasteiger partial charge in [0.25, 0.3) is 0 Å². The van der Waals surface area contributed by atoms with Crippen LogP contribution in [0.25, 0.3) is 0 Å². The predicted molar refractivity (Wildman–Crippen MR) is 48.7 cm³/mol. The van der Waals surface area contributed by atoms with Crippen LogP contribution in [0, 0.1) is 6.92 Å². The Morgan fingerprint density at radius 3 is 2.80 bits per heavy atom. The van der Waals surface area contributed by atoms with Gasteiger partial charge in [-0.05, 0) is 13.0 Å². The van der Waals surface area contributed by atoms with Crippen molar-refractivity contribution in [2.75, 3.05) is 11.4 Å². The molecule has 0 spiro atoms. The Labute approximate surface area is 85.0 Å². The predicted octanol–water partition coefficient (Wildman–Crippen LogP) is 0.998. The average molecular weight is 211 g/mol. The Kier molecular flexibility index (Phi) is 2.11. The number of nitrogens with zero attached hydrogens (tertiary/aromatic N) is 1. The quantitative estimate of drug-likeness (QED) is 0.789. The van der Waals surface area contributed by atoms with Crippen LogP contribution in [0.1, 0.15) is 5.76 Å². The maximum absolute atomic E-state index is 11.3. The molecule has 0 radical (unpaired) electrons. The van der Waals surface area contributed by atoms with E-state index < -0.39 is 18.2 Å². The Bertz CT molecular complexity index is 410. The lowest BCUT2D eigenvalue weighted by Crippen LogP contribution is -2.27. The number of cyclic esters (lactones) is 1. The fourth-order valence-electron chi connectivity index (χ4n) is 1.34. The summed E-state index contributed by atoms with van der Waals surface area (Å²) in [5.41, 5.74) is 0. The number of anilines is 1. The molecule has 1 atom stereocenters. The lowest BCUT2D eigenvalue weighted by atomic mass is 10.3. The van der Waals surface area contributed by atoms with Crippen molar-refractivity contribution < 1.29 is 23.8 Å².